The number of rotatable bonds is 3. The van der Waals surface area contributed by atoms with Crippen LogP contribution in [0.15, 0.2) is 36.4 Å². The first-order valence-corrected chi connectivity index (χ1v) is 9.75. The Morgan fingerprint density at radius 2 is 1.86 bits per heavy atom. The number of alkyl halides is 1. The Bertz CT molecular complexity index is 866. The van der Waals surface area contributed by atoms with Crippen LogP contribution < -0.4 is 0 Å². The maximum absolute atomic E-state index is 14.0. The highest BCUT2D eigenvalue weighted by atomic mass is 35.5. The van der Waals surface area contributed by atoms with E-state index in [4.69, 9.17) is 21.1 Å². The number of ether oxygens (including phenoxy) is 2. The predicted molar refractivity (Wildman–Crippen MR) is 108 cm³/mol. The van der Waals surface area contributed by atoms with E-state index in [9.17, 15) is 9.18 Å². The Labute approximate surface area is 175 Å². The molecule has 1 aromatic heterocycles. The van der Waals surface area contributed by atoms with Gasteiger partial charge in [0.15, 0.2) is 5.15 Å². The molecule has 0 radical (unpaired) electrons. The van der Waals surface area contributed by atoms with Crippen molar-refractivity contribution in [3.63, 3.8) is 0 Å². The van der Waals surface area contributed by atoms with Gasteiger partial charge in [0, 0.05) is 5.56 Å². The lowest BCUT2D eigenvalue weighted by atomic mass is 10.0. The minimum Gasteiger partial charge on any atom is -0.444 e. The predicted octanol–water partition coefficient (Wildman–Crippen LogP) is 5.18. The monoisotopic (exact) mass is 421 g/mol. The molecule has 1 aliphatic heterocycles. The van der Waals surface area contributed by atoms with Crippen LogP contribution in [-0.2, 0) is 9.47 Å². The summed E-state index contributed by atoms with van der Waals surface area (Å²) < 4.78 is 25.6. The first-order valence-electron chi connectivity index (χ1n) is 9.37. The fraction of sp³-hybridized carbons (Fsp3) is 0.476. The molecule has 0 saturated carbocycles. The van der Waals surface area contributed by atoms with Crippen LogP contribution >= 0.6 is 11.6 Å². The fourth-order valence-corrected chi connectivity index (χ4v) is 3.50. The van der Waals surface area contributed by atoms with Gasteiger partial charge in [0.1, 0.15) is 24.1 Å². The van der Waals surface area contributed by atoms with E-state index in [1.807, 2.05) is 24.3 Å². The van der Waals surface area contributed by atoms with Crippen LogP contribution in [0.1, 0.15) is 46.3 Å². The van der Waals surface area contributed by atoms with Gasteiger partial charge in [-0.1, -0.05) is 35.9 Å². The third kappa shape index (κ3) is 4.67. The standard InChI is InChI=1S/C21H25ClFN3O3/c1-20(2,3)29-19(27)26-16(12-23)18(28-21(26,4)5)14-8-6-13(7-9-14)15-10-11-17(22)25-24-15/h6-11,16,18H,12H2,1-5H3/t16-,18-/m1/s1. The highest BCUT2D eigenvalue weighted by Gasteiger charge is 2.51. The molecule has 29 heavy (non-hydrogen) atoms. The molecule has 2 aromatic rings. The smallest absolute Gasteiger partial charge is 0.413 e. The van der Waals surface area contributed by atoms with E-state index in [0.29, 0.717) is 10.8 Å². The topological polar surface area (TPSA) is 64.5 Å². The Balaban J connectivity index is 1.86. The van der Waals surface area contributed by atoms with Crippen LogP contribution in [0, 0.1) is 0 Å². The Kier molecular flexibility index (Phi) is 5.83. The van der Waals surface area contributed by atoms with Gasteiger partial charge in [-0.25, -0.2) is 9.18 Å². The van der Waals surface area contributed by atoms with Crippen LogP contribution in [-0.4, -0.2) is 45.2 Å². The highest BCUT2D eigenvalue weighted by Crippen LogP contribution is 2.42. The number of halogens is 2. The molecule has 0 unspecified atom stereocenters. The summed E-state index contributed by atoms with van der Waals surface area (Å²) in [6.07, 6.45) is -1.21. The molecular formula is C21H25ClFN3O3. The van der Waals surface area contributed by atoms with Crippen LogP contribution in [0.5, 0.6) is 0 Å². The molecule has 3 rings (SSSR count). The number of carbonyl (C=O) groups excluding carboxylic acids is 1. The lowest BCUT2D eigenvalue weighted by Gasteiger charge is -2.34. The largest absolute Gasteiger partial charge is 0.444 e. The first-order chi connectivity index (χ1) is 13.5. The number of amides is 1. The van der Waals surface area contributed by atoms with E-state index < -0.39 is 36.2 Å². The van der Waals surface area contributed by atoms with Crippen molar-refractivity contribution in [1.29, 1.82) is 0 Å². The summed E-state index contributed by atoms with van der Waals surface area (Å²) in [4.78, 5) is 14.1. The number of hydrogen-bond acceptors (Lipinski definition) is 5. The first kappa shape index (κ1) is 21.5. The minimum absolute atomic E-state index is 0.319. The van der Waals surface area contributed by atoms with E-state index in [2.05, 4.69) is 10.2 Å². The van der Waals surface area contributed by atoms with Crippen molar-refractivity contribution in [2.45, 2.75) is 58.1 Å². The second-order valence-corrected chi connectivity index (χ2v) is 8.81. The van der Waals surface area contributed by atoms with Crippen LogP contribution in [0.25, 0.3) is 11.3 Å². The zero-order valence-electron chi connectivity index (χ0n) is 17.1. The summed E-state index contributed by atoms with van der Waals surface area (Å²) in [7, 11) is 0. The molecule has 0 bridgehead atoms. The Morgan fingerprint density at radius 1 is 1.21 bits per heavy atom. The average molecular weight is 422 g/mol. The third-order valence-corrected chi connectivity index (χ3v) is 4.79. The van der Waals surface area contributed by atoms with E-state index in [-0.39, 0.29) is 0 Å². The quantitative estimate of drug-likeness (QED) is 0.683. The molecule has 0 spiro atoms. The van der Waals surface area contributed by atoms with Crippen molar-refractivity contribution in [2.24, 2.45) is 0 Å². The zero-order valence-corrected chi connectivity index (χ0v) is 17.9. The van der Waals surface area contributed by atoms with Gasteiger partial charge in [0.2, 0.25) is 0 Å². The molecule has 0 N–H and O–H groups in total. The number of aromatic nitrogens is 2. The molecule has 1 aliphatic rings. The van der Waals surface area contributed by atoms with Gasteiger partial charge in [-0.2, -0.15) is 0 Å². The van der Waals surface area contributed by atoms with Gasteiger partial charge in [-0.15, -0.1) is 10.2 Å². The van der Waals surface area contributed by atoms with Crippen molar-refractivity contribution >= 4 is 17.7 Å². The molecule has 1 fully saturated rings. The third-order valence-electron chi connectivity index (χ3n) is 4.59. The van der Waals surface area contributed by atoms with Gasteiger partial charge >= 0.3 is 6.09 Å². The highest BCUT2D eigenvalue weighted by molar-refractivity contribution is 6.29. The van der Waals surface area contributed by atoms with Crippen molar-refractivity contribution in [3.8, 4) is 11.3 Å². The van der Waals surface area contributed by atoms with E-state index in [0.717, 1.165) is 11.1 Å². The zero-order chi connectivity index (χ0) is 21.4. The summed E-state index contributed by atoms with van der Waals surface area (Å²) in [6, 6.07) is 10.0. The second-order valence-electron chi connectivity index (χ2n) is 8.42. The molecule has 1 aromatic carbocycles. The van der Waals surface area contributed by atoms with Gasteiger partial charge in [0.25, 0.3) is 0 Å². The van der Waals surface area contributed by atoms with Crippen LogP contribution in [0.4, 0.5) is 9.18 Å². The van der Waals surface area contributed by atoms with Crippen molar-refractivity contribution in [2.75, 3.05) is 6.67 Å². The summed E-state index contributed by atoms with van der Waals surface area (Å²) in [6.45, 7) is 8.03. The minimum atomic E-state index is -1.01. The average Bonchev–Trinajstić information content (AvgIpc) is 2.91. The summed E-state index contributed by atoms with van der Waals surface area (Å²) >= 11 is 5.78. The maximum atomic E-state index is 14.0. The fourth-order valence-electron chi connectivity index (χ4n) is 3.40. The lowest BCUT2D eigenvalue weighted by molar-refractivity contribution is -0.0797. The summed E-state index contributed by atoms with van der Waals surface area (Å²) in [5.41, 5.74) is 0.580. The molecule has 8 heteroatoms. The maximum Gasteiger partial charge on any atom is 0.413 e. The number of benzene rings is 1. The van der Waals surface area contributed by atoms with Gasteiger partial charge in [0.05, 0.1) is 11.7 Å². The Hall–Kier alpha value is -2.25. The molecule has 6 nitrogen and oxygen atoms in total. The van der Waals surface area contributed by atoms with E-state index in [1.54, 1.807) is 46.8 Å². The normalized spacial score (nSPS) is 21.3. The summed E-state index contributed by atoms with van der Waals surface area (Å²) in [5.74, 6) is 0. The number of carbonyl (C=O) groups is 1. The van der Waals surface area contributed by atoms with Crippen molar-refractivity contribution < 1.29 is 18.7 Å². The molecule has 1 saturated heterocycles. The van der Waals surface area contributed by atoms with E-state index >= 15 is 0 Å². The summed E-state index contributed by atoms with van der Waals surface area (Å²) in [5, 5.41) is 8.22. The van der Waals surface area contributed by atoms with Gasteiger partial charge in [-0.3, -0.25) is 4.90 Å². The molecule has 2 atom stereocenters. The van der Waals surface area contributed by atoms with Crippen LogP contribution in [0.2, 0.25) is 5.15 Å². The van der Waals surface area contributed by atoms with Gasteiger partial charge < -0.3 is 9.47 Å². The Morgan fingerprint density at radius 3 is 2.38 bits per heavy atom. The number of hydrogen-bond donors (Lipinski definition) is 0. The van der Waals surface area contributed by atoms with E-state index in [1.165, 1.54) is 4.90 Å². The SMILES string of the molecule is CC(C)(C)OC(=O)N1[C@H](CF)[C@@H](c2ccc(-c3ccc(Cl)nn3)cc2)OC1(C)C. The van der Waals surface area contributed by atoms with Crippen molar-refractivity contribution in [3.05, 3.63) is 47.1 Å². The second kappa shape index (κ2) is 7.88. The molecule has 0 aliphatic carbocycles. The molecule has 1 amide bonds. The van der Waals surface area contributed by atoms with Crippen LogP contribution in [0.3, 0.4) is 0 Å². The van der Waals surface area contributed by atoms with Crippen molar-refractivity contribution in [1.82, 2.24) is 15.1 Å². The number of nitrogens with zero attached hydrogens (tertiary/aromatic N) is 3. The lowest BCUT2D eigenvalue weighted by Crippen LogP contribution is -2.50. The van der Waals surface area contributed by atoms with Gasteiger partial charge in [-0.05, 0) is 52.3 Å². The molecule has 156 valence electrons. The molecule has 2 heterocycles. The molecular weight excluding hydrogens is 397 g/mol.